The largest absolute Gasteiger partial charge is 0.382 e. The predicted molar refractivity (Wildman–Crippen MR) is 58.4 cm³/mol. The molecule has 80 valence electrons. The highest BCUT2D eigenvalue weighted by molar-refractivity contribution is 7.10. The van der Waals surface area contributed by atoms with Crippen LogP contribution in [0, 0.1) is 0 Å². The minimum atomic E-state index is -0.859. The van der Waals surface area contributed by atoms with Crippen molar-refractivity contribution in [2.45, 2.75) is 18.4 Å². The van der Waals surface area contributed by atoms with Crippen LogP contribution in [0.5, 0.6) is 0 Å². The lowest BCUT2D eigenvalue weighted by Gasteiger charge is -2.25. The molecule has 0 saturated carbocycles. The maximum Gasteiger partial charge on any atom is 0.122 e. The van der Waals surface area contributed by atoms with Gasteiger partial charge in [0.15, 0.2) is 0 Å². The van der Waals surface area contributed by atoms with Crippen molar-refractivity contribution < 1.29 is 9.84 Å². The maximum atomic E-state index is 10.3. The summed E-state index contributed by atoms with van der Waals surface area (Å²) >= 11 is 1.55. The zero-order valence-corrected chi connectivity index (χ0v) is 9.22. The standard InChI is InChI=1S/C10H17NO2S/c1-13-8-10(12,5-3-6-11)9-4-2-7-14-9/h2,4,7,12H,3,5-6,8,11H2,1H3. The van der Waals surface area contributed by atoms with E-state index < -0.39 is 5.60 Å². The fourth-order valence-corrected chi connectivity index (χ4v) is 2.28. The van der Waals surface area contributed by atoms with E-state index in [1.54, 1.807) is 18.4 Å². The minimum absolute atomic E-state index is 0.327. The third kappa shape index (κ3) is 2.78. The van der Waals surface area contributed by atoms with E-state index in [2.05, 4.69) is 0 Å². The lowest BCUT2D eigenvalue weighted by Crippen LogP contribution is -2.31. The van der Waals surface area contributed by atoms with E-state index in [1.807, 2.05) is 17.5 Å². The van der Waals surface area contributed by atoms with Crippen LogP contribution in [-0.2, 0) is 10.3 Å². The van der Waals surface area contributed by atoms with Gasteiger partial charge in [-0.15, -0.1) is 11.3 Å². The summed E-state index contributed by atoms with van der Waals surface area (Å²) in [7, 11) is 1.60. The third-order valence-electron chi connectivity index (χ3n) is 2.16. The molecule has 1 atom stereocenters. The summed E-state index contributed by atoms with van der Waals surface area (Å²) in [6.07, 6.45) is 1.45. The van der Waals surface area contributed by atoms with Gasteiger partial charge >= 0.3 is 0 Å². The van der Waals surface area contributed by atoms with Crippen molar-refractivity contribution in [3.05, 3.63) is 22.4 Å². The number of ether oxygens (including phenoxy) is 1. The Balaban J connectivity index is 2.70. The third-order valence-corrected chi connectivity index (χ3v) is 3.22. The van der Waals surface area contributed by atoms with E-state index in [9.17, 15) is 5.11 Å². The molecule has 0 fully saturated rings. The second kappa shape index (κ2) is 5.46. The molecule has 0 aliphatic heterocycles. The first kappa shape index (κ1) is 11.7. The average Bonchev–Trinajstić information content (AvgIpc) is 2.68. The average molecular weight is 215 g/mol. The molecule has 0 spiro atoms. The minimum Gasteiger partial charge on any atom is -0.382 e. The molecule has 1 rings (SSSR count). The summed E-state index contributed by atoms with van der Waals surface area (Å²) in [5.74, 6) is 0. The molecule has 0 saturated heterocycles. The van der Waals surface area contributed by atoms with Gasteiger partial charge in [-0.25, -0.2) is 0 Å². The zero-order chi connectivity index (χ0) is 10.4. The first-order valence-electron chi connectivity index (χ1n) is 4.68. The smallest absolute Gasteiger partial charge is 0.122 e. The normalized spacial score (nSPS) is 15.4. The number of nitrogens with two attached hydrogens (primary N) is 1. The van der Waals surface area contributed by atoms with Gasteiger partial charge in [-0.3, -0.25) is 0 Å². The Hall–Kier alpha value is -0.420. The molecule has 1 heterocycles. The van der Waals surface area contributed by atoms with E-state index in [-0.39, 0.29) is 0 Å². The van der Waals surface area contributed by atoms with Crippen LogP contribution in [0.1, 0.15) is 17.7 Å². The number of hydrogen-bond donors (Lipinski definition) is 2. The second-order valence-electron chi connectivity index (χ2n) is 3.33. The Bertz CT molecular complexity index is 251. The van der Waals surface area contributed by atoms with Crippen LogP contribution in [0.3, 0.4) is 0 Å². The van der Waals surface area contributed by atoms with E-state index in [0.29, 0.717) is 19.6 Å². The van der Waals surface area contributed by atoms with Gasteiger partial charge < -0.3 is 15.6 Å². The van der Waals surface area contributed by atoms with Crippen LogP contribution in [0.25, 0.3) is 0 Å². The van der Waals surface area contributed by atoms with Crippen LogP contribution in [0.2, 0.25) is 0 Å². The zero-order valence-electron chi connectivity index (χ0n) is 8.40. The van der Waals surface area contributed by atoms with E-state index >= 15 is 0 Å². The van der Waals surface area contributed by atoms with Crippen LogP contribution in [-0.4, -0.2) is 25.4 Å². The van der Waals surface area contributed by atoms with Crippen molar-refractivity contribution in [2.75, 3.05) is 20.3 Å². The fraction of sp³-hybridized carbons (Fsp3) is 0.600. The number of methoxy groups -OCH3 is 1. The molecular formula is C10H17NO2S. The Morgan fingerprint density at radius 3 is 2.93 bits per heavy atom. The number of thiophene rings is 1. The topological polar surface area (TPSA) is 55.5 Å². The first-order valence-corrected chi connectivity index (χ1v) is 5.56. The number of aliphatic hydroxyl groups is 1. The van der Waals surface area contributed by atoms with Gasteiger partial charge in [0.05, 0.1) is 6.61 Å². The molecule has 3 N–H and O–H groups in total. The lowest BCUT2D eigenvalue weighted by molar-refractivity contribution is -0.0402. The van der Waals surface area contributed by atoms with E-state index in [1.165, 1.54) is 0 Å². The lowest BCUT2D eigenvalue weighted by atomic mass is 9.97. The van der Waals surface area contributed by atoms with Crippen LogP contribution in [0.4, 0.5) is 0 Å². The molecule has 1 aromatic rings. The highest BCUT2D eigenvalue weighted by Crippen LogP contribution is 2.30. The van der Waals surface area contributed by atoms with Gasteiger partial charge in [0.2, 0.25) is 0 Å². The molecule has 0 radical (unpaired) electrons. The van der Waals surface area contributed by atoms with Crippen molar-refractivity contribution >= 4 is 11.3 Å². The monoisotopic (exact) mass is 215 g/mol. The summed E-state index contributed by atoms with van der Waals surface area (Å²) in [4.78, 5) is 0.952. The molecule has 4 heteroatoms. The number of hydrogen-bond acceptors (Lipinski definition) is 4. The number of rotatable bonds is 6. The molecule has 1 aromatic heterocycles. The van der Waals surface area contributed by atoms with Crippen molar-refractivity contribution in [1.82, 2.24) is 0 Å². The summed E-state index contributed by atoms with van der Waals surface area (Å²) in [5.41, 5.74) is 4.58. The Morgan fingerprint density at radius 2 is 2.43 bits per heavy atom. The van der Waals surface area contributed by atoms with Gasteiger partial charge in [0, 0.05) is 12.0 Å². The Kier molecular flexibility index (Phi) is 4.54. The fourth-order valence-electron chi connectivity index (χ4n) is 1.44. The van der Waals surface area contributed by atoms with Gasteiger partial charge in [-0.1, -0.05) is 6.07 Å². The molecule has 0 aliphatic carbocycles. The molecule has 0 aromatic carbocycles. The second-order valence-corrected chi connectivity index (χ2v) is 4.28. The molecule has 0 aliphatic rings. The van der Waals surface area contributed by atoms with Crippen molar-refractivity contribution in [3.63, 3.8) is 0 Å². The predicted octanol–water partition coefficient (Wildman–Crippen LogP) is 1.32. The summed E-state index contributed by atoms with van der Waals surface area (Å²) in [5, 5.41) is 12.3. The quantitative estimate of drug-likeness (QED) is 0.752. The van der Waals surface area contributed by atoms with Gasteiger partial charge in [0.1, 0.15) is 5.60 Å². The van der Waals surface area contributed by atoms with Gasteiger partial charge in [0.25, 0.3) is 0 Å². The maximum absolute atomic E-state index is 10.3. The van der Waals surface area contributed by atoms with Crippen LogP contribution in [0.15, 0.2) is 17.5 Å². The summed E-state index contributed by atoms with van der Waals surface area (Å²) in [6.45, 7) is 0.922. The highest BCUT2D eigenvalue weighted by atomic mass is 32.1. The molecule has 14 heavy (non-hydrogen) atoms. The highest BCUT2D eigenvalue weighted by Gasteiger charge is 2.29. The van der Waals surface area contributed by atoms with Gasteiger partial charge in [-0.05, 0) is 30.8 Å². The van der Waals surface area contributed by atoms with Crippen LogP contribution < -0.4 is 5.73 Å². The van der Waals surface area contributed by atoms with Crippen molar-refractivity contribution in [2.24, 2.45) is 5.73 Å². The summed E-state index contributed by atoms with van der Waals surface area (Å²) < 4.78 is 5.04. The van der Waals surface area contributed by atoms with E-state index in [4.69, 9.17) is 10.5 Å². The van der Waals surface area contributed by atoms with Crippen molar-refractivity contribution in [3.8, 4) is 0 Å². The molecule has 1 unspecified atom stereocenters. The first-order chi connectivity index (χ1) is 6.73. The SMILES string of the molecule is COCC(O)(CCCN)c1cccs1. The van der Waals surface area contributed by atoms with E-state index in [0.717, 1.165) is 11.3 Å². The van der Waals surface area contributed by atoms with Gasteiger partial charge in [-0.2, -0.15) is 0 Å². The molecule has 0 amide bonds. The molecule has 0 bridgehead atoms. The Morgan fingerprint density at radius 1 is 1.64 bits per heavy atom. The van der Waals surface area contributed by atoms with Crippen molar-refractivity contribution in [1.29, 1.82) is 0 Å². The summed E-state index contributed by atoms with van der Waals surface area (Å²) in [6, 6.07) is 3.86. The molecular weight excluding hydrogens is 198 g/mol. The Labute approximate surface area is 88.5 Å². The van der Waals surface area contributed by atoms with Crippen LogP contribution >= 0.6 is 11.3 Å². The molecule has 3 nitrogen and oxygen atoms in total.